The van der Waals surface area contributed by atoms with E-state index in [2.05, 4.69) is 25.5 Å². The number of nitrogens with one attached hydrogen (secondary N) is 1. The van der Waals surface area contributed by atoms with E-state index >= 15 is 0 Å². The summed E-state index contributed by atoms with van der Waals surface area (Å²) in [6, 6.07) is 12.9. The van der Waals surface area contributed by atoms with Crippen LogP contribution in [0.5, 0.6) is 0 Å². The summed E-state index contributed by atoms with van der Waals surface area (Å²) < 4.78 is 6.64. The molecule has 0 saturated carbocycles. The van der Waals surface area contributed by atoms with Gasteiger partial charge in [0.15, 0.2) is 0 Å². The molecule has 0 aliphatic carbocycles. The second-order valence-electron chi connectivity index (χ2n) is 5.38. The van der Waals surface area contributed by atoms with Gasteiger partial charge in [-0.1, -0.05) is 18.2 Å². The number of amides is 1. The van der Waals surface area contributed by atoms with Crippen molar-refractivity contribution in [3.05, 3.63) is 59.8 Å². The highest BCUT2D eigenvalue weighted by molar-refractivity contribution is 6.01. The van der Waals surface area contributed by atoms with Crippen molar-refractivity contribution in [3.63, 3.8) is 0 Å². The summed E-state index contributed by atoms with van der Waals surface area (Å²) in [6.07, 6.45) is 3.60. The fourth-order valence-corrected chi connectivity index (χ4v) is 2.62. The van der Waals surface area contributed by atoms with Gasteiger partial charge in [0.25, 0.3) is 5.91 Å². The van der Waals surface area contributed by atoms with E-state index in [-0.39, 0.29) is 5.91 Å². The summed E-state index contributed by atoms with van der Waals surface area (Å²) in [4.78, 5) is 12.2. The molecular formula is C17H13N5O2. The van der Waals surface area contributed by atoms with Crippen LogP contribution < -0.4 is 5.43 Å². The number of aromatic nitrogens is 3. The van der Waals surface area contributed by atoms with Crippen LogP contribution in [-0.4, -0.2) is 27.0 Å². The maximum atomic E-state index is 12.2. The SMILES string of the molecule is Cn1cc(C=NNC(=O)c2ccc3nonc3c2)c2ccccc21. The minimum absolute atomic E-state index is 0.323. The molecule has 2 aromatic carbocycles. The number of nitrogens with zero attached hydrogens (tertiary/aromatic N) is 4. The molecule has 0 bridgehead atoms. The Kier molecular flexibility index (Phi) is 3.31. The first-order valence-corrected chi connectivity index (χ1v) is 7.32. The summed E-state index contributed by atoms with van der Waals surface area (Å²) >= 11 is 0. The number of carbonyl (C=O) groups excluding carboxylic acids is 1. The summed E-state index contributed by atoms with van der Waals surface area (Å²) in [5.41, 5.74) is 6.13. The highest BCUT2D eigenvalue weighted by Gasteiger charge is 2.08. The van der Waals surface area contributed by atoms with E-state index in [0.717, 1.165) is 16.5 Å². The quantitative estimate of drug-likeness (QED) is 0.464. The van der Waals surface area contributed by atoms with Gasteiger partial charge in [0.1, 0.15) is 11.0 Å². The number of aryl methyl sites for hydroxylation is 1. The molecule has 0 aliphatic heterocycles. The molecule has 0 unspecified atom stereocenters. The number of fused-ring (bicyclic) bond motifs is 2. The van der Waals surface area contributed by atoms with Crippen molar-refractivity contribution in [1.29, 1.82) is 0 Å². The molecule has 24 heavy (non-hydrogen) atoms. The van der Waals surface area contributed by atoms with Gasteiger partial charge in [-0.2, -0.15) is 5.10 Å². The van der Waals surface area contributed by atoms with Gasteiger partial charge in [0.05, 0.1) is 6.21 Å². The van der Waals surface area contributed by atoms with E-state index in [1.807, 2.05) is 42.1 Å². The van der Waals surface area contributed by atoms with Gasteiger partial charge in [0, 0.05) is 35.3 Å². The third kappa shape index (κ3) is 2.41. The van der Waals surface area contributed by atoms with Crippen molar-refractivity contribution < 1.29 is 9.42 Å². The average Bonchev–Trinajstić information content (AvgIpc) is 3.19. The van der Waals surface area contributed by atoms with Crippen molar-refractivity contribution in [2.45, 2.75) is 0 Å². The number of hydrogen-bond donors (Lipinski definition) is 1. The minimum Gasteiger partial charge on any atom is -0.350 e. The first-order valence-electron chi connectivity index (χ1n) is 7.32. The van der Waals surface area contributed by atoms with Crippen LogP contribution >= 0.6 is 0 Å². The third-order valence-corrected chi connectivity index (χ3v) is 3.81. The maximum Gasteiger partial charge on any atom is 0.271 e. The Morgan fingerprint density at radius 1 is 1.21 bits per heavy atom. The molecule has 0 aliphatic rings. The molecule has 118 valence electrons. The molecule has 0 fully saturated rings. The van der Waals surface area contributed by atoms with Gasteiger partial charge in [-0.25, -0.2) is 10.1 Å². The normalized spacial score (nSPS) is 11.5. The largest absolute Gasteiger partial charge is 0.350 e. The number of benzene rings is 2. The molecule has 2 aromatic heterocycles. The van der Waals surface area contributed by atoms with Crippen molar-refractivity contribution >= 4 is 34.1 Å². The van der Waals surface area contributed by atoms with Crippen molar-refractivity contribution in [2.24, 2.45) is 12.1 Å². The zero-order valence-corrected chi connectivity index (χ0v) is 12.8. The monoisotopic (exact) mass is 319 g/mol. The molecule has 0 saturated heterocycles. The zero-order chi connectivity index (χ0) is 16.5. The molecule has 4 rings (SSSR count). The molecule has 0 radical (unpaired) electrons. The Labute approximate surface area is 136 Å². The summed E-state index contributed by atoms with van der Waals surface area (Å²) in [5.74, 6) is -0.323. The first-order chi connectivity index (χ1) is 11.7. The molecule has 7 heteroatoms. The predicted molar refractivity (Wildman–Crippen MR) is 89.8 cm³/mol. The van der Waals surface area contributed by atoms with E-state index in [1.165, 1.54) is 0 Å². The van der Waals surface area contributed by atoms with E-state index in [1.54, 1.807) is 24.4 Å². The van der Waals surface area contributed by atoms with Gasteiger partial charge in [0.2, 0.25) is 0 Å². The fraction of sp³-hybridized carbons (Fsp3) is 0.0588. The van der Waals surface area contributed by atoms with Crippen LogP contribution in [0.15, 0.2) is 58.4 Å². The van der Waals surface area contributed by atoms with Crippen LogP contribution in [0.2, 0.25) is 0 Å². The van der Waals surface area contributed by atoms with Crippen molar-refractivity contribution in [1.82, 2.24) is 20.3 Å². The number of hydrogen-bond acceptors (Lipinski definition) is 5. The van der Waals surface area contributed by atoms with Crippen LogP contribution in [0.1, 0.15) is 15.9 Å². The second kappa shape index (κ2) is 5.62. The summed E-state index contributed by atoms with van der Waals surface area (Å²) in [7, 11) is 1.97. The molecular weight excluding hydrogens is 306 g/mol. The van der Waals surface area contributed by atoms with Crippen LogP contribution in [-0.2, 0) is 7.05 Å². The Bertz CT molecular complexity index is 1080. The topological polar surface area (TPSA) is 85.3 Å². The number of para-hydroxylation sites is 1. The lowest BCUT2D eigenvalue weighted by Crippen LogP contribution is -2.17. The van der Waals surface area contributed by atoms with Crippen molar-refractivity contribution in [3.8, 4) is 0 Å². The van der Waals surface area contributed by atoms with E-state index < -0.39 is 0 Å². The Morgan fingerprint density at radius 2 is 2.04 bits per heavy atom. The number of hydrazone groups is 1. The van der Waals surface area contributed by atoms with Gasteiger partial charge in [-0.15, -0.1) is 0 Å². The van der Waals surface area contributed by atoms with Crippen LogP contribution in [0, 0.1) is 0 Å². The van der Waals surface area contributed by atoms with Crippen molar-refractivity contribution in [2.75, 3.05) is 0 Å². The second-order valence-corrected chi connectivity index (χ2v) is 5.38. The standard InChI is InChI=1S/C17H13N5O2/c1-22-10-12(13-4-2-3-5-16(13)22)9-18-19-17(23)11-6-7-14-15(8-11)21-24-20-14/h2-10H,1H3,(H,19,23). The number of carbonyl (C=O) groups is 1. The minimum atomic E-state index is -0.323. The fourth-order valence-electron chi connectivity index (χ4n) is 2.62. The molecule has 7 nitrogen and oxygen atoms in total. The van der Waals surface area contributed by atoms with Gasteiger partial charge >= 0.3 is 0 Å². The molecule has 2 heterocycles. The van der Waals surface area contributed by atoms with E-state index in [4.69, 9.17) is 0 Å². The van der Waals surface area contributed by atoms with Gasteiger partial charge in [-0.3, -0.25) is 4.79 Å². The maximum absolute atomic E-state index is 12.2. The lowest BCUT2D eigenvalue weighted by Gasteiger charge is -1.98. The zero-order valence-electron chi connectivity index (χ0n) is 12.8. The molecule has 1 amide bonds. The summed E-state index contributed by atoms with van der Waals surface area (Å²) in [5, 5.41) is 12.6. The molecule has 1 N–H and O–H groups in total. The Hall–Kier alpha value is -3.48. The molecule has 4 aromatic rings. The lowest BCUT2D eigenvalue weighted by atomic mass is 10.2. The summed E-state index contributed by atoms with van der Waals surface area (Å²) in [6.45, 7) is 0. The van der Waals surface area contributed by atoms with Gasteiger partial charge in [-0.05, 0) is 34.6 Å². The van der Waals surface area contributed by atoms with Crippen LogP contribution in [0.3, 0.4) is 0 Å². The van der Waals surface area contributed by atoms with E-state index in [0.29, 0.717) is 16.6 Å². The van der Waals surface area contributed by atoms with Crippen LogP contribution in [0.25, 0.3) is 21.9 Å². The highest BCUT2D eigenvalue weighted by Crippen LogP contribution is 2.18. The highest BCUT2D eigenvalue weighted by atomic mass is 16.6. The third-order valence-electron chi connectivity index (χ3n) is 3.81. The molecule has 0 spiro atoms. The average molecular weight is 319 g/mol. The Balaban J connectivity index is 1.54. The molecule has 0 atom stereocenters. The predicted octanol–water partition coefficient (Wildman–Crippen LogP) is 2.48. The lowest BCUT2D eigenvalue weighted by molar-refractivity contribution is 0.0955. The Morgan fingerprint density at radius 3 is 2.96 bits per heavy atom. The number of rotatable bonds is 3. The van der Waals surface area contributed by atoms with Gasteiger partial charge < -0.3 is 4.57 Å². The smallest absolute Gasteiger partial charge is 0.271 e. The van der Waals surface area contributed by atoms with Crippen LogP contribution in [0.4, 0.5) is 0 Å². The van der Waals surface area contributed by atoms with E-state index in [9.17, 15) is 4.79 Å². The first kappa shape index (κ1) is 14.1.